The Hall–Kier alpha value is -0.810. The van der Waals surface area contributed by atoms with E-state index in [9.17, 15) is 13.2 Å². The van der Waals surface area contributed by atoms with E-state index < -0.39 is 9.84 Å². The Bertz CT molecular complexity index is 492. The van der Waals surface area contributed by atoms with Crippen LogP contribution in [0.2, 0.25) is 0 Å². The van der Waals surface area contributed by atoms with E-state index in [0.29, 0.717) is 5.75 Å². The number of hydrogen-bond acceptors (Lipinski definition) is 4. The number of aryl methyl sites for hydroxylation is 1. The Labute approximate surface area is 107 Å². The topological polar surface area (TPSA) is 51.2 Å². The molecular weight excluding hydrogens is 256 g/mol. The molecule has 1 rings (SSSR count). The highest BCUT2D eigenvalue weighted by Crippen LogP contribution is 2.21. The van der Waals surface area contributed by atoms with Crippen LogP contribution in [-0.2, 0) is 14.6 Å². The zero-order valence-corrected chi connectivity index (χ0v) is 11.6. The fraction of sp³-hybridized carbons (Fsp3) is 0.417. The molecule has 0 unspecified atom stereocenters. The second-order valence-corrected chi connectivity index (χ2v) is 7.25. The molecule has 94 valence electrons. The van der Waals surface area contributed by atoms with Gasteiger partial charge >= 0.3 is 0 Å². The molecule has 0 N–H and O–H groups in total. The van der Waals surface area contributed by atoms with Gasteiger partial charge in [-0.25, -0.2) is 8.42 Å². The summed E-state index contributed by atoms with van der Waals surface area (Å²) < 4.78 is 21.8. The Morgan fingerprint density at radius 1 is 1.29 bits per heavy atom. The Morgan fingerprint density at radius 3 is 2.53 bits per heavy atom. The molecular formula is C12H16O3S2. The molecule has 0 saturated heterocycles. The van der Waals surface area contributed by atoms with Crippen molar-refractivity contribution in [3.8, 4) is 0 Å². The monoisotopic (exact) mass is 272 g/mol. The summed E-state index contributed by atoms with van der Waals surface area (Å²) in [4.78, 5) is 12.6. The van der Waals surface area contributed by atoms with Crippen molar-refractivity contribution in [1.29, 1.82) is 0 Å². The highest BCUT2D eigenvalue weighted by atomic mass is 32.2. The molecule has 3 nitrogen and oxygen atoms in total. The van der Waals surface area contributed by atoms with Gasteiger partial charge in [0.2, 0.25) is 0 Å². The Balaban J connectivity index is 2.42. The van der Waals surface area contributed by atoms with E-state index in [1.54, 1.807) is 0 Å². The van der Waals surface area contributed by atoms with Crippen LogP contribution in [0.4, 0.5) is 0 Å². The van der Waals surface area contributed by atoms with Crippen molar-refractivity contribution >= 4 is 27.4 Å². The zero-order chi connectivity index (χ0) is 12.9. The summed E-state index contributed by atoms with van der Waals surface area (Å²) in [5.41, 5.74) is 1.13. The lowest BCUT2D eigenvalue weighted by Gasteiger charge is -2.04. The minimum atomic E-state index is -3.04. The second-order valence-electron chi connectivity index (χ2n) is 3.97. The van der Waals surface area contributed by atoms with E-state index in [2.05, 4.69) is 0 Å². The summed E-state index contributed by atoms with van der Waals surface area (Å²) in [6, 6.07) is 7.83. The maximum atomic E-state index is 11.5. The molecule has 0 amide bonds. The molecule has 0 aliphatic heterocycles. The summed E-state index contributed by atoms with van der Waals surface area (Å²) in [5, 5.41) is 0. The molecule has 0 aliphatic rings. The van der Waals surface area contributed by atoms with Crippen LogP contribution in [0, 0.1) is 6.92 Å². The molecule has 0 atom stereocenters. The van der Waals surface area contributed by atoms with Crippen LogP contribution >= 0.6 is 11.8 Å². The first-order valence-corrected chi connectivity index (χ1v) is 8.31. The van der Waals surface area contributed by atoms with E-state index in [1.165, 1.54) is 11.8 Å². The predicted molar refractivity (Wildman–Crippen MR) is 71.2 cm³/mol. The summed E-state index contributed by atoms with van der Waals surface area (Å²) in [7, 11) is -3.04. The standard InChI is InChI=1S/C12H16O3S2/c1-10-5-3-4-6-12(10)16-9-11(13)7-8-17(2,14)15/h3-6H,7-9H2,1-2H3. The van der Waals surface area contributed by atoms with Crippen LogP contribution < -0.4 is 0 Å². The molecule has 0 aromatic heterocycles. The number of Topliss-reactive ketones (excluding diaryl/α,β-unsaturated/α-hetero) is 1. The number of rotatable bonds is 6. The number of carbonyl (C=O) groups is 1. The van der Waals surface area contributed by atoms with Gasteiger partial charge in [0, 0.05) is 17.6 Å². The van der Waals surface area contributed by atoms with Crippen molar-refractivity contribution in [2.75, 3.05) is 17.8 Å². The minimum Gasteiger partial charge on any atom is -0.299 e. The highest BCUT2D eigenvalue weighted by Gasteiger charge is 2.09. The molecule has 0 bridgehead atoms. The van der Waals surface area contributed by atoms with Gasteiger partial charge in [-0.3, -0.25) is 4.79 Å². The molecule has 0 saturated carbocycles. The summed E-state index contributed by atoms with van der Waals surface area (Å²) >= 11 is 1.46. The van der Waals surface area contributed by atoms with Crippen LogP contribution in [-0.4, -0.2) is 32.0 Å². The van der Waals surface area contributed by atoms with Crippen LogP contribution in [0.25, 0.3) is 0 Å². The molecule has 0 fully saturated rings. The maximum absolute atomic E-state index is 11.5. The number of sulfone groups is 1. The fourth-order valence-electron chi connectivity index (χ4n) is 1.25. The fourth-order valence-corrected chi connectivity index (χ4v) is 2.78. The van der Waals surface area contributed by atoms with Crippen LogP contribution in [0.5, 0.6) is 0 Å². The van der Waals surface area contributed by atoms with Gasteiger partial charge in [0.25, 0.3) is 0 Å². The van der Waals surface area contributed by atoms with Gasteiger partial charge in [-0.05, 0) is 18.6 Å². The van der Waals surface area contributed by atoms with E-state index >= 15 is 0 Å². The average Bonchev–Trinajstić information content (AvgIpc) is 2.24. The van der Waals surface area contributed by atoms with Crippen LogP contribution in [0.3, 0.4) is 0 Å². The molecule has 0 aliphatic carbocycles. The van der Waals surface area contributed by atoms with Crippen molar-refractivity contribution < 1.29 is 13.2 Å². The number of benzene rings is 1. The lowest BCUT2D eigenvalue weighted by molar-refractivity contribution is -0.116. The third kappa shape index (κ3) is 5.89. The van der Waals surface area contributed by atoms with Gasteiger partial charge in [-0.2, -0.15) is 0 Å². The minimum absolute atomic E-state index is 0.0244. The normalized spacial score (nSPS) is 11.4. The smallest absolute Gasteiger partial charge is 0.147 e. The van der Waals surface area contributed by atoms with Crippen molar-refractivity contribution in [2.45, 2.75) is 18.2 Å². The Morgan fingerprint density at radius 2 is 1.94 bits per heavy atom. The van der Waals surface area contributed by atoms with Crippen LogP contribution in [0.15, 0.2) is 29.2 Å². The molecule has 5 heteroatoms. The van der Waals surface area contributed by atoms with Gasteiger partial charge in [0.05, 0.1) is 11.5 Å². The number of thioether (sulfide) groups is 1. The maximum Gasteiger partial charge on any atom is 0.147 e. The van der Waals surface area contributed by atoms with Crippen molar-refractivity contribution in [1.82, 2.24) is 0 Å². The molecule has 1 aromatic carbocycles. The largest absolute Gasteiger partial charge is 0.299 e. The first-order valence-electron chi connectivity index (χ1n) is 5.26. The third-order valence-electron chi connectivity index (χ3n) is 2.23. The van der Waals surface area contributed by atoms with Crippen LogP contribution in [0.1, 0.15) is 12.0 Å². The molecule has 0 spiro atoms. The average molecular weight is 272 g/mol. The van der Waals surface area contributed by atoms with Crippen molar-refractivity contribution in [2.24, 2.45) is 0 Å². The van der Waals surface area contributed by atoms with Crippen molar-refractivity contribution in [3.63, 3.8) is 0 Å². The number of ketones is 1. The van der Waals surface area contributed by atoms with E-state index in [1.807, 2.05) is 31.2 Å². The quantitative estimate of drug-likeness (QED) is 0.744. The first-order chi connectivity index (χ1) is 7.88. The molecule has 17 heavy (non-hydrogen) atoms. The van der Waals surface area contributed by atoms with Crippen molar-refractivity contribution in [3.05, 3.63) is 29.8 Å². The zero-order valence-electron chi connectivity index (χ0n) is 9.97. The third-order valence-corrected chi connectivity index (χ3v) is 4.42. The number of carbonyl (C=O) groups excluding carboxylic acids is 1. The van der Waals surface area contributed by atoms with E-state index in [-0.39, 0.29) is 18.0 Å². The SMILES string of the molecule is Cc1ccccc1SCC(=O)CCS(C)(=O)=O. The van der Waals surface area contributed by atoms with E-state index in [0.717, 1.165) is 16.7 Å². The number of hydrogen-bond donors (Lipinski definition) is 0. The van der Waals surface area contributed by atoms with Gasteiger partial charge in [0.1, 0.15) is 15.6 Å². The van der Waals surface area contributed by atoms with Gasteiger partial charge in [-0.15, -0.1) is 11.8 Å². The lowest BCUT2D eigenvalue weighted by atomic mass is 10.2. The van der Waals surface area contributed by atoms with Gasteiger partial charge < -0.3 is 0 Å². The lowest BCUT2D eigenvalue weighted by Crippen LogP contribution is -2.10. The molecule has 1 aromatic rings. The molecule has 0 radical (unpaired) electrons. The molecule has 0 heterocycles. The van der Waals surface area contributed by atoms with Gasteiger partial charge in [-0.1, -0.05) is 18.2 Å². The predicted octanol–water partition coefficient (Wildman–Crippen LogP) is 2.09. The highest BCUT2D eigenvalue weighted by molar-refractivity contribution is 8.00. The first kappa shape index (κ1) is 14.3. The summed E-state index contributed by atoms with van der Waals surface area (Å²) in [5.74, 6) is 0.254. The van der Waals surface area contributed by atoms with E-state index in [4.69, 9.17) is 0 Å². The second kappa shape index (κ2) is 6.21. The summed E-state index contributed by atoms with van der Waals surface area (Å²) in [6.07, 6.45) is 1.26. The Kier molecular flexibility index (Phi) is 5.21. The van der Waals surface area contributed by atoms with Gasteiger partial charge in [0.15, 0.2) is 0 Å². The summed E-state index contributed by atoms with van der Waals surface area (Å²) in [6.45, 7) is 1.99.